The first kappa shape index (κ1) is 18.7. The fourth-order valence-corrected chi connectivity index (χ4v) is 3.54. The Morgan fingerprint density at radius 1 is 1.15 bits per heavy atom. The van der Waals surface area contributed by atoms with Gasteiger partial charge in [-0.05, 0) is 37.5 Å². The number of H-pyrrole nitrogens is 1. The summed E-state index contributed by atoms with van der Waals surface area (Å²) in [7, 11) is 1.68. The van der Waals surface area contributed by atoms with E-state index in [1.165, 1.54) is 0 Å². The van der Waals surface area contributed by atoms with Crippen LogP contribution in [0, 0.1) is 0 Å². The van der Waals surface area contributed by atoms with Crippen molar-refractivity contribution in [3.8, 4) is 5.75 Å². The van der Waals surface area contributed by atoms with E-state index in [2.05, 4.69) is 9.88 Å². The van der Waals surface area contributed by atoms with Crippen molar-refractivity contribution in [2.75, 3.05) is 26.7 Å². The summed E-state index contributed by atoms with van der Waals surface area (Å²) in [5.41, 5.74) is 2.53. The lowest BCUT2D eigenvalue weighted by molar-refractivity contribution is -0.0330. The molecule has 140 valence electrons. The molecule has 0 aliphatic carbocycles. The maximum absolute atomic E-state index is 10.6. The fraction of sp³-hybridized carbons (Fsp3) is 0.429. The van der Waals surface area contributed by atoms with Crippen LogP contribution in [0.2, 0.25) is 0 Å². The number of nitrogens with zero attached hydrogens (tertiary/aromatic N) is 1. The largest absolute Gasteiger partial charge is 0.494 e. The summed E-state index contributed by atoms with van der Waals surface area (Å²) in [5.74, 6) is 0.938. The average Bonchev–Trinajstić information content (AvgIpc) is 3.28. The van der Waals surface area contributed by atoms with E-state index in [-0.39, 0.29) is 6.10 Å². The third-order valence-corrected chi connectivity index (χ3v) is 5.00. The molecule has 1 aliphatic rings. The van der Waals surface area contributed by atoms with Crippen molar-refractivity contribution < 1.29 is 14.9 Å². The van der Waals surface area contributed by atoms with Gasteiger partial charge >= 0.3 is 0 Å². The van der Waals surface area contributed by atoms with Crippen molar-refractivity contribution in [2.45, 2.75) is 31.5 Å². The Morgan fingerprint density at radius 2 is 1.85 bits per heavy atom. The first-order valence-corrected chi connectivity index (χ1v) is 9.13. The average molecular weight is 356 g/mol. The van der Waals surface area contributed by atoms with Crippen LogP contribution in [0.3, 0.4) is 0 Å². The maximum Gasteiger partial charge on any atom is 0.144 e. The predicted octanol–water partition coefficient (Wildman–Crippen LogP) is 2.97. The van der Waals surface area contributed by atoms with Gasteiger partial charge < -0.3 is 24.8 Å². The highest BCUT2D eigenvalue weighted by molar-refractivity contribution is 5.74. The summed E-state index contributed by atoms with van der Waals surface area (Å²) in [5, 5.41) is 20.0. The van der Waals surface area contributed by atoms with Gasteiger partial charge in [0.15, 0.2) is 0 Å². The molecule has 0 amide bonds. The lowest BCUT2D eigenvalue weighted by atomic mass is 9.84. The second kappa shape index (κ2) is 8.08. The summed E-state index contributed by atoms with van der Waals surface area (Å²) < 4.78 is 5.03. The highest BCUT2D eigenvalue weighted by Gasteiger charge is 2.33. The van der Waals surface area contributed by atoms with E-state index in [9.17, 15) is 10.2 Å². The topological polar surface area (TPSA) is 68.7 Å². The van der Waals surface area contributed by atoms with Crippen molar-refractivity contribution in [3.05, 3.63) is 54.1 Å². The number of aromatic nitrogens is 1. The van der Waals surface area contributed by atoms with Crippen molar-refractivity contribution in [3.63, 3.8) is 0 Å². The van der Waals surface area contributed by atoms with Gasteiger partial charge in [0, 0.05) is 31.2 Å². The van der Waals surface area contributed by atoms with Crippen molar-refractivity contribution in [1.82, 2.24) is 9.88 Å². The number of methoxy groups -OCH3 is 1. The molecule has 1 aromatic carbocycles. The molecule has 3 N–H and O–H groups in total. The smallest absolute Gasteiger partial charge is 0.144 e. The molecule has 1 unspecified atom stereocenters. The van der Waals surface area contributed by atoms with Gasteiger partial charge in [0.05, 0.1) is 24.3 Å². The Morgan fingerprint density at radius 3 is 2.31 bits per heavy atom. The minimum absolute atomic E-state index is 0.294. The van der Waals surface area contributed by atoms with Crippen LogP contribution in [-0.4, -0.2) is 52.9 Å². The van der Waals surface area contributed by atoms with E-state index in [1.54, 1.807) is 14.0 Å². The number of rotatable bonds is 4. The molecule has 0 spiro atoms. The van der Waals surface area contributed by atoms with Crippen LogP contribution in [0.1, 0.15) is 25.3 Å². The van der Waals surface area contributed by atoms with Crippen LogP contribution in [0.15, 0.2) is 48.5 Å². The monoisotopic (exact) mass is 356 g/mol. The minimum atomic E-state index is -0.684. The molecule has 5 heteroatoms. The number of hydrogen-bond donors (Lipinski definition) is 3. The number of ether oxygens (including phenoxy) is 1. The summed E-state index contributed by atoms with van der Waals surface area (Å²) in [6, 6.07) is 15.9. The van der Waals surface area contributed by atoms with Gasteiger partial charge in [0.25, 0.3) is 0 Å². The highest BCUT2D eigenvalue weighted by atomic mass is 16.5. The number of nitrogens with one attached hydrogen (secondary N) is 1. The molecule has 2 bridgehead atoms. The summed E-state index contributed by atoms with van der Waals surface area (Å²) in [6.45, 7) is 4.19. The molecule has 1 fully saturated rings. The number of β-amino-alcohol motifs (C(OH)–C–C–N with tert-alkyl or cyclic N) is 1. The molecule has 0 saturated carbocycles. The van der Waals surface area contributed by atoms with Gasteiger partial charge in [-0.1, -0.05) is 30.3 Å². The van der Waals surface area contributed by atoms with Crippen LogP contribution in [0.4, 0.5) is 0 Å². The Bertz CT molecular complexity index is 777. The Labute approximate surface area is 154 Å². The zero-order chi connectivity index (χ0) is 18.6. The zero-order valence-corrected chi connectivity index (χ0v) is 15.5. The summed E-state index contributed by atoms with van der Waals surface area (Å²) in [4.78, 5) is 5.34. The molecule has 2 aromatic heterocycles. The zero-order valence-electron chi connectivity index (χ0n) is 15.5. The Hall–Kier alpha value is -2.08. The number of hydrogen-bond acceptors (Lipinski definition) is 4. The second-order valence-corrected chi connectivity index (χ2v) is 7.09. The van der Waals surface area contributed by atoms with E-state index in [1.807, 2.05) is 48.5 Å². The third kappa shape index (κ3) is 4.36. The van der Waals surface area contributed by atoms with Gasteiger partial charge in [-0.15, -0.1) is 0 Å². The molecule has 1 aliphatic heterocycles. The molecule has 4 rings (SSSR count). The molecule has 26 heavy (non-hydrogen) atoms. The minimum Gasteiger partial charge on any atom is -0.494 e. The quantitative estimate of drug-likeness (QED) is 0.672. The van der Waals surface area contributed by atoms with Crippen molar-refractivity contribution in [2.24, 2.45) is 0 Å². The van der Waals surface area contributed by atoms with Gasteiger partial charge in [-0.25, -0.2) is 0 Å². The predicted molar refractivity (Wildman–Crippen MR) is 104 cm³/mol. The number of aliphatic hydroxyl groups is 2. The molecule has 1 atom stereocenters. The summed E-state index contributed by atoms with van der Waals surface area (Å²) >= 11 is 0. The van der Waals surface area contributed by atoms with E-state index >= 15 is 0 Å². The third-order valence-electron chi connectivity index (χ3n) is 5.00. The van der Waals surface area contributed by atoms with E-state index in [0.29, 0.717) is 6.54 Å². The van der Waals surface area contributed by atoms with Crippen LogP contribution in [0.25, 0.3) is 11.0 Å². The molecule has 5 nitrogen and oxygen atoms in total. The number of likely N-dealkylation sites (tertiary alicyclic amines) is 1. The Balaban J connectivity index is 0.000000181. The van der Waals surface area contributed by atoms with Gasteiger partial charge in [0.1, 0.15) is 5.75 Å². The normalized spacial score (nSPS) is 18.3. The maximum atomic E-state index is 10.6. The lowest BCUT2D eigenvalue weighted by Crippen LogP contribution is -2.44. The molecule has 1 saturated heterocycles. The van der Waals surface area contributed by atoms with Crippen LogP contribution < -0.4 is 4.74 Å². The molecule has 0 radical (unpaired) electrons. The fourth-order valence-electron chi connectivity index (χ4n) is 3.54. The van der Waals surface area contributed by atoms with Gasteiger partial charge in [-0.3, -0.25) is 0 Å². The molecular weight excluding hydrogens is 328 g/mol. The highest BCUT2D eigenvalue weighted by Crippen LogP contribution is 2.32. The molecule has 3 aromatic rings. The van der Waals surface area contributed by atoms with Crippen molar-refractivity contribution >= 4 is 11.0 Å². The van der Waals surface area contributed by atoms with Gasteiger partial charge in [-0.2, -0.15) is 0 Å². The van der Waals surface area contributed by atoms with Gasteiger partial charge in [0.2, 0.25) is 0 Å². The van der Waals surface area contributed by atoms with E-state index in [4.69, 9.17) is 4.74 Å². The molecule has 3 heterocycles. The number of piperidine rings is 1. The molecular formula is C21H28N2O3. The van der Waals surface area contributed by atoms with Crippen molar-refractivity contribution in [1.29, 1.82) is 0 Å². The SMILES string of the molecule is CC(O)CN1CCC(O)(c2ccccc2)CC1.COc1cc2ccc1[nH]2. The second-order valence-electron chi connectivity index (χ2n) is 7.09. The first-order chi connectivity index (χ1) is 12.5. The van der Waals surface area contributed by atoms with E-state index < -0.39 is 5.60 Å². The Kier molecular flexibility index (Phi) is 5.81. The number of benzene rings is 2. The van der Waals surface area contributed by atoms with Crippen LogP contribution in [0.5, 0.6) is 5.75 Å². The number of aliphatic hydroxyl groups excluding tert-OH is 1. The standard InChI is InChI=1S/C14H21NO2.C7H7NO/c1-12(16)11-15-9-7-14(17,8-10-15)13-5-3-2-4-6-13;1-9-7-4-5-2-3-6(7)8-5/h2-6,12,16-17H,7-11H2,1H3;2-4,8H,1H3. The first-order valence-electron chi connectivity index (χ1n) is 9.13. The summed E-state index contributed by atoms with van der Waals surface area (Å²) in [6.07, 6.45) is 1.19. The number of aromatic amines is 1. The number of fused-ring (bicyclic) bond motifs is 2. The van der Waals surface area contributed by atoms with E-state index in [0.717, 1.165) is 48.3 Å². The van der Waals surface area contributed by atoms with Crippen LogP contribution >= 0.6 is 0 Å². The lowest BCUT2D eigenvalue weighted by Gasteiger charge is -2.39. The van der Waals surface area contributed by atoms with Crippen LogP contribution in [-0.2, 0) is 5.60 Å².